The number of halogens is 1. The van der Waals surface area contributed by atoms with E-state index in [1.54, 1.807) is 19.0 Å². The van der Waals surface area contributed by atoms with Gasteiger partial charge in [-0.2, -0.15) is 0 Å². The molecule has 1 aliphatic carbocycles. The molecule has 2 fully saturated rings. The fourth-order valence-corrected chi connectivity index (χ4v) is 4.50. The van der Waals surface area contributed by atoms with E-state index in [0.29, 0.717) is 44.0 Å². The summed E-state index contributed by atoms with van der Waals surface area (Å²) in [5.41, 5.74) is 1.02. The van der Waals surface area contributed by atoms with Gasteiger partial charge in [-0.05, 0) is 49.3 Å². The topological polar surface area (TPSA) is 79.9 Å². The molecule has 2 amide bonds. The van der Waals surface area contributed by atoms with Crippen molar-refractivity contribution in [1.82, 2.24) is 14.9 Å². The zero-order valence-electron chi connectivity index (χ0n) is 18.7. The molecular weight excluding hydrogens is 433 g/mol. The molecule has 1 saturated carbocycles. The Morgan fingerprint density at radius 1 is 1.34 bits per heavy atom. The smallest absolute Gasteiger partial charge is 0.317 e. The Balaban J connectivity index is 1.42. The molecule has 1 heterocycles. The van der Waals surface area contributed by atoms with Crippen molar-refractivity contribution in [2.24, 2.45) is 11.8 Å². The summed E-state index contributed by atoms with van der Waals surface area (Å²) in [6.07, 6.45) is 5.89. The van der Waals surface area contributed by atoms with Crippen LogP contribution in [0.4, 0.5) is 9.18 Å². The molecule has 32 heavy (non-hydrogen) atoms. The van der Waals surface area contributed by atoms with Gasteiger partial charge in [-0.15, -0.1) is 0 Å². The van der Waals surface area contributed by atoms with Crippen molar-refractivity contribution in [3.63, 3.8) is 0 Å². The van der Waals surface area contributed by atoms with Crippen LogP contribution in [0.2, 0.25) is 0 Å². The number of rotatable bonds is 15. The fraction of sp³-hybridized carbons (Fsp3) is 0.652. The zero-order chi connectivity index (χ0) is 22.8. The van der Waals surface area contributed by atoms with Gasteiger partial charge >= 0.3 is 6.03 Å². The highest BCUT2D eigenvalue weighted by atomic mass is 32.2. The molecule has 2 aliphatic rings. The molecule has 178 valence electrons. The maximum Gasteiger partial charge on any atom is 0.317 e. The van der Waals surface area contributed by atoms with E-state index in [9.17, 15) is 14.0 Å². The molecule has 1 atom stereocenters. The molecule has 0 bridgehead atoms. The van der Waals surface area contributed by atoms with Crippen molar-refractivity contribution in [3.05, 3.63) is 29.6 Å². The first-order valence-corrected chi connectivity index (χ1v) is 12.4. The second-order valence-corrected chi connectivity index (χ2v) is 9.35. The molecule has 1 unspecified atom stereocenters. The highest BCUT2D eigenvalue weighted by Crippen LogP contribution is 2.34. The molecule has 7 nitrogen and oxygen atoms in total. The predicted molar refractivity (Wildman–Crippen MR) is 123 cm³/mol. The van der Waals surface area contributed by atoms with Crippen molar-refractivity contribution < 1.29 is 23.5 Å². The van der Waals surface area contributed by atoms with Crippen LogP contribution in [0, 0.1) is 17.7 Å². The SMILES string of the molecule is CNC(=O)N(CC=O)CCCCCSNC(c1ccc(F)c(OCC2CC2)c1)C1COC1. The zero-order valence-corrected chi connectivity index (χ0v) is 19.5. The highest BCUT2D eigenvalue weighted by molar-refractivity contribution is 7.97. The highest BCUT2D eigenvalue weighted by Gasteiger charge is 2.30. The third-order valence-corrected chi connectivity index (χ3v) is 6.72. The number of unbranched alkanes of at least 4 members (excludes halogenated alkanes) is 2. The number of carbonyl (C=O) groups excluding carboxylic acids is 2. The van der Waals surface area contributed by atoms with E-state index in [1.807, 2.05) is 12.1 Å². The van der Waals surface area contributed by atoms with Crippen LogP contribution in [-0.4, -0.2) is 62.9 Å². The lowest BCUT2D eigenvalue weighted by Crippen LogP contribution is -2.39. The molecule has 0 aromatic heterocycles. The minimum absolute atomic E-state index is 0.0777. The number of nitrogens with zero attached hydrogens (tertiary/aromatic N) is 1. The molecule has 0 radical (unpaired) electrons. The van der Waals surface area contributed by atoms with Crippen molar-refractivity contribution >= 4 is 24.3 Å². The van der Waals surface area contributed by atoms with Crippen molar-refractivity contribution in [2.75, 3.05) is 45.7 Å². The second kappa shape index (κ2) is 13.0. The van der Waals surface area contributed by atoms with Crippen LogP contribution in [0.15, 0.2) is 18.2 Å². The summed E-state index contributed by atoms with van der Waals surface area (Å²) in [6, 6.07) is 5.01. The van der Waals surface area contributed by atoms with E-state index in [-0.39, 0.29) is 24.4 Å². The number of nitrogens with one attached hydrogen (secondary N) is 2. The Bertz CT molecular complexity index is 746. The average molecular weight is 468 g/mol. The lowest BCUT2D eigenvalue weighted by atomic mass is 9.92. The summed E-state index contributed by atoms with van der Waals surface area (Å²) >= 11 is 1.66. The van der Waals surface area contributed by atoms with Crippen LogP contribution in [0.3, 0.4) is 0 Å². The first-order valence-electron chi connectivity index (χ1n) is 11.4. The average Bonchev–Trinajstić information content (AvgIpc) is 3.59. The van der Waals surface area contributed by atoms with E-state index in [2.05, 4.69) is 10.0 Å². The van der Waals surface area contributed by atoms with Crippen molar-refractivity contribution in [1.29, 1.82) is 0 Å². The maximum atomic E-state index is 14.2. The Morgan fingerprint density at radius 2 is 2.16 bits per heavy atom. The summed E-state index contributed by atoms with van der Waals surface area (Å²) in [5.74, 6) is 1.87. The summed E-state index contributed by atoms with van der Waals surface area (Å²) < 4.78 is 28.8. The number of hydrogen-bond donors (Lipinski definition) is 2. The van der Waals surface area contributed by atoms with Crippen LogP contribution >= 0.6 is 11.9 Å². The second-order valence-electron chi connectivity index (χ2n) is 8.41. The molecule has 1 saturated heterocycles. The number of hydrogen-bond acceptors (Lipinski definition) is 6. The maximum absolute atomic E-state index is 14.2. The van der Waals surface area contributed by atoms with Crippen LogP contribution in [-0.2, 0) is 9.53 Å². The molecular formula is C23H34FN3O4S. The summed E-state index contributed by atoms with van der Waals surface area (Å²) in [4.78, 5) is 23.9. The molecule has 1 aliphatic heterocycles. The van der Waals surface area contributed by atoms with Gasteiger partial charge in [-0.3, -0.25) is 4.72 Å². The van der Waals surface area contributed by atoms with Crippen LogP contribution < -0.4 is 14.8 Å². The molecule has 1 aromatic carbocycles. The first kappa shape index (κ1) is 24.8. The van der Waals surface area contributed by atoms with Gasteiger partial charge < -0.3 is 24.5 Å². The number of urea groups is 1. The third kappa shape index (κ3) is 7.64. The Hall–Kier alpha value is -1.84. The van der Waals surface area contributed by atoms with Gasteiger partial charge in [0, 0.05) is 31.3 Å². The largest absolute Gasteiger partial charge is 0.490 e. The number of ether oxygens (including phenoxy) is 2. The van der Waals surface area contributed by atoms with Crippen molar-refractivity contribution in [2.45, 2.75) is 38.1 Å². The minimum Gasteiger partial charge on any atom is -0.490 e. The van der Waals surface area contributed by atoms with Gasteiger partial charge in [0.2, 0.25) is 0 Å². The van der Waals surface area contributed by atoms with Crippen LogP contribution in [0.1, 0.15) is 43.7 Å². The molecule has 3 rings (SSSR count). The minimum atomic E-state index is -0.314. The quantitative estimate of drug-likeness (QED) is 0.233. The van der Waals surface area contributed by atoms with Gasteiger partial charge in [0.05, 0.1) is 26.4 Å². The number of amides is 2. The Labute approximate surface area is 193 Å². The molecule has 2 N–H and O–H groups in total. The summed E-state index contributed by atoms with van der Waals surface area (Å²) in [5, 5.41) is 2.56. The van der Waals surface area contributed by atoms with E-state index in [1.165, 1.54) is 23.8 Å². The monoisotopic (exact) mass is 467 g/mol. The number of carbonyl (C=O) groups is 2. The van der Waals surface area contributed by atoms with Gasteiger partial charge in [-0.25, -0.2) is 9.18 Å². The third-order valence-electron chi connectivity index (χ3n) is 5.80. The van der Waals surface area contributed by atoms with Gasteiger partial charge in [0.25, 0.3) is 0 Å². The first-order chi connectivity index (χ1) is 15.6. The standard InChI is InChI=1S/C23H34FN3O4S/c1-25-23(29)27(10-11-28)9-3-2-4-12-32-26-22(19-15-30-16-19)18-7-8-20(24)21(13-18)31-14-17-5-6-17/h7-8,11,13,17,19,22,26H,2-6,9-10,12,14-16H2,1H3,(H,25,29). The lowest BCUT2D eigenvalue weighted by Gasteiger charge is -2.34. The lowest BCUT2D eigenvalue weighted by molar-refractivity contribution is -0.108. The van der Waals surface area contributed by atoms with Crippen LogP contribution in [0.5, 0.6) is 5.75 Å². The summed E-state index contributed by atoms with van der Waals surface area (Å²) in [7, 11) is 1.56. The van der Waals surface area contributed by atoms with Crippen molar-refractivity contribution in [3.8, 4) is 5.75 Å². The van der Waals surface area contributed by atoms with Crippen LogP contribution in [0.25, 0.3) is 0 Å². The molecule has 9 heteroatoms. The van der Waals surface area contributed by atoms with E-state index in [0.717, 1.165) is 36.9 Å². The van der Waals surface area contributed by atoms with Gasteiger partial charge in [-0.1, -0.05) is 24.4 Å². The van der Waals surface area contributed by atoms with E-state index < -0.39 is 0 Å². The normalized spacial score (nSPS) is 16.8. The Morgan fingerprint density at radius 3 is 2.81 bits per heavy atom. The fourth-order valence-electron chi connectivity index (χ4n) is 3.53. The van der Waals surface area contributed by atoms with E-state index in [4.69, 9.17) is 9.47 Å². The molecule has 0 spiro atoms. The van der Waals surface area contributed by atoms with E-state index >= 15 is 0 Å². The number of benzene rings is 1. The molecule has 1 aromatic rings. The van der Waals surface area contributed by atoms with Gasteiger partial charge in [0.1, 0.15) is 6.29 Å². The number of aldehydes is 1. The predicted octanol–water partition coefficient (Wildman–Crippen LogP) is 3.55. The van der Waals surface area contributed by atoms with Gasteiger partial charge in [0.15, 0.2) is 11.6 Å². The Kier molecular flexibility index (Phi) is 10.1. The summed E-state index contributed by atoms with van der Waals surface area (Å²) in [6.45, 7) is 2.66.